The van der Waals surface area contributed by atoms with Gasteiger partial charge in [-0.25, -0.2) is 0 Å². The van der Waals surface area contributed by atoms with E-state index in [0.29, 0.717) is 19.3 Å². The van der Waals surface area contributed by atoms with Crippen LogP contribution in [0.5, 0.6) is 0 Å². The molecule has 0 aromatic rings. The Kier molecular flexibility index (Phi) is 14.6. The van der Waals surface area contributed by atoms with Gasteiger partial charge in [0.1, 0.15) is 0 Å². The predicted octanol–water partition coefficient (Wildman–Crippen LogP) is 5.08. The van der Waals surface area contributed by atoms with Gasteiger partial charge in [0.2, 0.25) is 0 Å². The number of hydrogen-bond donors (Lipinski definition) is 0. The van der Waals surface area contributed by atoms with E-state index in [1.807, 2.05) is 20.8 Å². The minimum absolute atomic E-state index is 0.352. The molecule has 0 aliphatic heterocycles. The van der Waals surface area contributed by atoms with Gasteiger partial charge in [-0.15, -0.1) is 0 Å². The lowest BCUT2D eigenvalue weighted by Gasteiger charge is -2.19. The molecule has 3 unspecified atom stereocenters. The van der Waals surface area contributed by atoms with Crippen LogP contribution in [0, 0.1) is 17.8 Å². The summed E-state index contributed by atoms with van der Waals surface area (Å²) in [6, 6.07) is 0. The minimum atomic E-state index is -1.62. The second-order valence-corrected chi connectivity index (χ2v) is 7.73. The number of unbranched alkanes of at least 4 members (excludes halogenated alkanes) is 3. The molecule has 0 aromatic carbocycles. The Labute approximate surface area is 171 Å². The highest BCUT2D eigenvalue weighted by Gasteiger charge is 2.39. The van der Waals surface area contributed by atoms with Crippen LogP contribution in [-0.4, -0.2) is 25.2 Å². The number of carbonyl (C=O) groups excluding carboxylic acids is 3. The Morgan fingerprint density at radius 3 is 1.07 bits per heavy atom. The Bertz CT molecular complexity index is 401. The summed E-state index contributed by atoms with van der Waals surface area (Å²) >= 11 is 0. The molecule has 0 aromatic heterocycles. The smallest absolute Gasteiger partial charge is 0.462 e. The molecular formula is C21H39BO6. The van der Waals surface area contributed by atoms with E-state index in [1.54, 1.807) is 20.8 Å². The van der Waals surface area contributed by atoms with Crippen molar-refractivity contribution in [3.05, 3.63) is 0 Å². The van der Waals surface area contributed by atoms with Crippen molar-refractivity contribution in [1.82, 2.24) is 0 Å². The molecule has 0 saturated heterocycles. The molecule has 0 aliphatic rings. The van der Waals surface area contributed by atoms with Crippen LogP contribution in [0.4, 0.5) is 0 Å². The molecule has 3 atom stereocenters. The van der Waals surface area contributed by atoms with Gasteiger partial charge in [-0.2, -0.15) is 0 Å². The number of rotatable bonds is 15. The molecule has 0 spiro atoms. The van der Waals surface area contributed by atoms with Crippen LogP contribution in [0.25, 0.3) is 0 Å². The molecule has 6 nitrogen and oxygen atoms in total. The first-order chi connectivity index (χ1) is 13.3. The topological polar surface area (TPSA) is 78.9 Å². The maximum Gasteiger partial charge on any atom is 0.870 e. The van der Waals surface area contributed by atoms with E-state index in [-0.39, 0.29) is 17.8 Å². The van der Waals surface area contributed by atoms with Gasteiger partial charge in [0, 0.05) is 0 Å². The standard InChI is InChI=1S/C21H39BO6/c1-7-10-13-16(4)19(23)26-22(27-20(24)17(5)14-11-8-2)28-21(25)18(6)15-12-9-3/h16-18H,7-15H2,1-6H3. The summed E-state index contributed by atoms with van der Waals surface area (Å²) in [5.41, 5.74) is 0. The summed E-state index contributed by atoms with van der Waals surface area (Å²) in [6.45, 7) is 11.4. The molecule has 7 heteroatoms. The molecule has 0 fully saturated rings. The molecular weight excluding hydrogens is 359 g/mol. The van der Waals surface area contributed by atoms with Crippen molar-refractivity contribution >= 4 is 25.2 Å². The van der Waals surface area contributed by atoms with Gasteiger partial charge in [-0.3, -0.25) is 14.4 Å². The molecule has 0 amide bonds. The second kappa shape index (κ2) is 15.4. The summed E-state index contributed by atoms with van der Waals surface area (Å²) in [6.07, 6.45) is 7.59. The van der Waals surface area contributed by atoms with Crippen LogP contribution in [0.1, 0.15) is 99.3 Å². The van der Waals surface area contributed by atoms with Crippen LogP contribution in [0.2, 0.25) is 0 Å². The maximum absolute atomic E-state index is 12.3. The lowest BCUT2D eigenvalue weighted by atomic mass is 10.0. The first-order valence-electron chi connectivity index (χ1n) is 10.9. The molecule has 162 valence electrons. The number of hydrogen-bond acceptors (Lipinski definition) is 6. The lowest BCUT2D eigenvalue weighted by Crippen LogP contribution is -2.38. The molecule has 0 radical (unpaired) electrons. The monoisotopic (exact) mass is 398 g/mol. The van der Waals surface area contributed by atoms with Crippen LogP contribution in [-0.2, 0) is 28.3 Å². The Morgan fingerprint density at radius 2 is 0.857 bits per heavy atom. The van der Waals surface area contributed by atoms with Crippen molar-refractivity contribution in [2.75, 3.05) is 0 Å². The molecule has 0 N–H and O–H groups in total. The van der Waals surface area contributed by atoms with Gasteiger partial charge in [-0.05, 0) is 19.3 Å². The summed E-state index contributed by atoms with van der Waals surface area (Å²) in [7, 11) is -1.62. The molecule has 0 bridgehead atoms. The molecule has 0 aliphatic carbocycles. The lowest BCUT2D eigenvalue weighted by molar-refractivity contribution is -0.152. The van der Waals surface area contributed by atoms with Crippen LogP contribution >= 0.6 is 0 Å². The Morgan fingerprint density at radius 1 is 0.607 bits per heavy atom. The largest absolute Gasteiger partial charge is 0.870 e. The van der Waals surface area contributed by atoms with E-state index < -0.39 is 25.2 Å². The molecule has 28 heavy (non-hydrogen) atoms. The first-order valence-corrected chi connectivity index (χ1v) is 10.9. The highest BCUT2D eigenvalue weighted by atomic mass is 16.8. The van der Waals surface area contributed by atoms with Gasteiger partial charge in [0.15, 0.2) is 0 Å². The molecule has 0 saturated carbocycles. The van der Waals surface area contributed by atoms with E-state index in [0.717, 1.165) is 38.5 Å². The van der Waals surface area contributed by atoms with E-state index in [9.17, 15) is 14.4 Å². The van der Waals surface area contributed by atoms with Crippen molar-refractivity contribution < 1.29 is 28.3 Å². The van der Waals surface area contributed by atoms with E-state index in [4.69, 9.17) is 14.0 Å². The summed E-state index contributed by atoms with van der Waals surface area (Å²) in [5.74, 6) is -2.64. The fourth-order valence-electron chi connectivity index (χ4n) is 2.59. The molecule has 0 rings (SSSR count). The van der Waals surface area contributed by atoms with Crippen LogP contribution in [0.15, 0.2) is 0 Å². The van der Waals surface area contributed by atoms with Gasteiger partial charge in [0.25, 0.3) is 17.9 Å². The van der Waals surface area contributed by atoms with Crippen molar-refractivity contribution in [2.24, 2.45) is 17.8 Å². The van der Waals surface area contributed by atoms with Crippen molar-refractivity contribution in [1.29, 1.82) is 0 Å². The third kappa shape index (κ3) is 11.3. The fraction of sp³-hybridized carbons (Fsp3) is 0.857. The second-order valence-electron chi connectivity index (χ2n) is 7.73. The van der Waals surface area contributed by atoms with E-state index >= 15 is 0 Å². The summed E-state index contributed by atoms with van der Waals surface area (Å²) in [4.78, 5) is 36.9. The van der Waals surface area contributed by atoms with E-state index in [2.05, 4.69) is 0 Å². The zero-order chi connectivity index (χ0) is 21.5. The third-order valence-electron chi connectivity index (χ3n) is 4.82. The average molecular weight is 398 g/mol. The highest BCUT2D eigenvalue weighted by molar-refractivity contribution is 6.44. The Balaban J connectivity index is 4.96. The normalized spacial score (nSPS) is 13.9. The van der Waals surface area contributed by atoms with Crippen LogP contribution in [0.3, 0.4) is 0 Å². The van der Waals surface area contributed by atoms with Gasteiger partial charge >= 0.3 is 7.32 Å². The van der Waals surface area contributed by atoms with Gasteiger partial charge in [0.05, 0.1) is 17.8 Å². The minimum Gasteiger partial charge on any atom is -0.462 e. The first kappa shape index (κ1) is 26.5. The van der Waals surface area contributed by atoms with Gasteiger partial charge < -0.3 is 14.0 Å². The van der Waals surface area contributed by atoms with Gasteiger partial charge in [-0.1, -0.05) is 80.1 Å². The highest BCUT2D eigenvalue weighted by Crippen LogP contribution is 2.16. The fourth-order valence-corrected chi connectivity index (χ4v) is 2.59. The zero-order valence-electron chi connectivity index (χ0n) is 18.6. The number of carbonyl (C=O) groups is 3. The van der Waals surface area contributed by atoms with Crippen molar-refractivity contribution in [2.45, 2.75) is 99.3 Å². The Hall–Kier alpha value is -1.53. The van der Waals surface area contributed by atoms with E-state index in [1.165, 1.54) is 0 Å². The maximum atomic E-state index is 12.3. The van der Waals surface area contributed by atoms with Crippen LogP contribution < -0.4 is 0 Å². The summed E-state index contributed by atoms with van der Waals surface area (Å²) in [5, 5.41) is 0. The zero-order valence-corrected chi connectivity index (χ0v) is 18.6. The SMILES string of the molecule is CCCCC(C)C(=O)OB(OC(=O)C(C)CCCC)OC(=O)C(C)CCCC. The molecule has 0 heterocycles. The summed E-state index contributed by atoms with van der Waals surface area (Å²) < 4.78 is 15.7. The third-order valence-corrected chi connectivity index (χ3v) is 4.82. The average Bonchev–Trinajstić information content (AvgIpc) is 2.67. The predicted molar refractivity (Wildman–Crippen MR) is 110 cm³/mol. The van der Waals surface area contributed by atoms with Crippen molar-refractivity contribution in [3.63, 3.8) is 0 Å². The van der Waals surface area contributed by atoms with Crippen molar-refractivity contribution in [3.8, 4) is 0 Å². The quantitative estimate of drug-likeness (QED) is 0.358.